The molecule has 0 aromatic carbocycles. The Balaban J connectivity index is 2.02. The van der Waals surface area contributed by atoms with Gasteiger partial charge in [0.15, 0.2) is 0 Å². The minimum absolute atomic E-state index is 0.0453. The summed E-state index contributed by atoms with van der Waals surface area (Å²) in [5.74, 6) is -1.34. The van der Waals surface area contributed by atoms with Gasteiger partial charge in [-0.15, -0.1) is 0 Å². The van der Waals surface area contributed by atoms with Crippen molar-refractivity contribution in [1.82, 2.24) is 10.3 Å². The Morgan fingerprint density at radius 1 is 1.35 bits per heavy atom. The second-order valence-electron chi connectivity index (χ2n) is 4.82. The Bertz CT molecular complexity index is 540. The van der Waals surface area contributed by atoms with Crippen molar-refractivity contribution in [3.63, 3.8) is 0 Å². The van der Waals surface area contributed by atoms with Crippen LogP contribution in [0.1, 0.15) is 23.2 Å². The Labute approximate surface area is 115 Å². The maximum Gasteiger partial charge on any atom is 0.311 e. The zero-order valence-corrected chi connectivity index (χ0v) is 10.8. The van der Waals surface area contributed by atoms with E-state index in [9.17, 15) is 19.5 Å². The van der Waals surface area contributed by atoms with Crippen LogP contribution in [0, 0.1) is 5.41 Å². The molecule has 7 nitrogen and oxygen atoms in total. The number of aliphatic carboxylic acids is 1. The molecule has 1 aliphatic rings. The quantitative estimate of drug-likeness (QED) is 0.718. The lowest BCUT2D eigenvalue weighted by molar-refractivity contribution is -0.154. The smallest absolute Gasteiger partial charge is 0.311 e. The van der Waals surface area contributed by atoms with Crippen LogP contribution in [0.5, 0.6) is 0 Å². The zero-order valence-electron chi connectivity index (χ0n) is 10.8. The van der Waals surface area contributed by atoms with Crippen LogP contribution in [0.2, 0.25) is 0 Å². The molecule has 0 aliphatic carbocycles. The molecule has 2 rings (SSSR count). The molecule has 1 aliphatic heterocycles. The van der Waals surface area contributed by atoms with Crippen molar-refractivity contribution in [1.29, 1.82) is 0 Å². The van der Waals surface area contributed by atoms with E-state index in [-0.39, 0.29) is 17.7 Å². The van der Waals surface area contributed by atoms with Crippen molar-refractivity contribution in [2.75, 3.05) is 19.8 Å². The van der Waals surface area contributed by atoms with Crippen LogP contribution in [-0.2, 0) is 9.53 Å². The van der Waals surface area contributed by atoms with Crippen molar-refractivity contribution in [2.24, 2.45) is 5.41 Å². The first-order chi connectivity index (χ1) is 9.53. The van der Waals surface area contributed by atoms with Crippen LogP contribution in [0.15, 0.2) is 23.1 Å². The van der Waals surface area contributed by atoms with Crippen LogP contribution in [0.25, 0.3) is 0 Å². The molecule has 1 aromatic heterocycles. The summed E-state index contributed by atoms with van der Waals surface area (Å²) in [7, 11) is 0. The van der Waals surface area contributed by atoms with E-state index >= 15 is 0 Å². The minimum atomic E-state index is -0.976. The maximum absolute atomic E-state index is 11.9. The van der Waals surface area contributed by atoms with Gasteiger partial charge < -0.3 is 20.1 Å². The number of carboxylic acid groups (broad SMARTS) is 1. The van der Waals surface area contributed by atoms with Crippen molar-refractivity contribution in [2.45, 2.75) is 12.8 Å². The number of amides is 1. The van der Waals surface area contributed by atoms with Gasteiger partial charge in [-0.3, -0.25) is 14.4 Å². The normalized spacial score (nSPS) is 17.4. The maximum atomic E-state index is 11.9. The van der Waals surface area contributed by atoms with Crippen molar-refractivity contribution in [3.05, 3.63) is 34.2 Å². The molecule has 20 heavy (non-hydrogen) atoms. The molecule has 0 atom stereocenters. The summed E-state index contributed by atoms with van der Waals surface area (Å²) in [6.45, 7) is 0.797. The number of aromatic amines is 1. The fourth-order valence-corrected chi connectivity index (χ4v) is 2.13. The van der Waals surface area contributed by atoms with Gasteiger partial charge in [0.25, 0.3) is 5.91 Å². The number of carbonyl (C=O) groups is 2. The first-order valence-electron chi connectivity index (χ1n) is 6.32. The summed E-state index contributed by atoms with van der Waals surface area (Å²) in [4.78, 5) is 36.6. The predicted octanol–water partition coefficient (Wildman–Crippen LogP) is -0.0139. The molecule has 0 radical (unpaired) electrons. The highest BCUT2D eigenvalue weighted by molar-refractivity contribution is 5.94. The highest BCUT2D eigenvalue weighted by Gasteiger charge is 2.40. The second kappa shape index (κ2) is 5.87. The van der Waals surface area contributed by atoms with E-state index in [0.29, 0.717) is 26.1 Å². The molecule has 1 fully saturated rings. The summed E-state index contributed by atoms with van der Waals surface area (Å²) < 4.78 is 5.16. The van der Waals surface area contributed by atoms with Gasteiger partial charge in [-0.05, 0) is 18.9 Å². The van der Waals surface area contributed by atoms with Crippen LogP contribution in [-0.4, -0.2) is 41.7 Å². The molecule has 0 bridgehead atoms. The van der Waals surface area contributed by atoms with Crippen molar-refractivity contribution < 1.29 is 19.4 Å². The van der Waals surface area contributed by atoms with Gasteiger partial charge in [0.1, 0.15) is 0 Å². The zero-order chi connectivity index (χ0) is 14.6. The fraction of sp³-hybridized carbons (Fsp3) is 0.462. The van der Waals surface area contributed by atoms with E-state index in [2.05, 4.69) is 10.3 Å². The first kappa shape index (κ1) is 14.3. The molecule has 0 unspecified atom stereocenters. The van der Waals surface area contributed by atoms with Gasteiger partial charge >= 0.3 is 5.97 Å². The predicted molar refractivity (Wildman–Crippen MR) is 69.5 cm³/mol. The highest BCUT2D eigenvalue weighted by Crippen LogP contribution is 2.30. The Hall–Kier alpha value is -2.15. The van der Waals surface area contributed by atoms with E-state index in [1.165, 1.54) is 18.3 Å². The number of nitrogens with one attached hydrogen (secondary N) is 2. The van der Waals surface area contributed by atoms with Crippen LogP contribution in [0.4, 0.5) is 0 Å². The summed E-state index contributed by atoms with van der Waals surface area (Å²) in [6.07, 6.45) is 2.04. The van der Waals surface area contributed by atoms with E-state index in [4.69, 9.17) is 4.74 Å². The number of rotatable bonds is 4. The molecular weight excluding hydrogens is 264 g/mol. The third kappa shape index (κ3) is 3.05. The largest absolute Gasteiger partial charge is 0.481 e. The summed E-state index contributed by atoms with van der Waals surface area (Å²) in [5, 5.41) is 12.0. The number of pyridine rings is 1. The first-order valence-corrected chi connectivity index (χ1v) is 6.32. The van der Waals surface area contributed by atoms with Gasteiger partial charge in [0, 0.05) is 32.0 Å². The lowest BCUT2D eigenvalue weighted by Crippen LogP contribution is -2.46. The number of aromatic nitrogens is 1. The lowest BCUT2D eigenvalue weighted by atomic mass is 9.80. The van der Waals surface area contributed by atoms with E-state index in [0.717, 1.165) is 0 Å². The number of carbonyl (C=O) groups excluding carboxylic acids is 1. The number of ether oxygens (including phenoxy) is 1. The van der Waals surface area contributed by atoms with E-state index in [1.807, 2.05) is 0 Å². The summed E-state index contributed by atoms with van der Waals surface area (Å²) >= 11 is 0. The Morgan fingerprint density at radius 2 is 2.05 bits per heavy atom. The number of carboxylic acids is 1. The second-order valence-corrected chi connectivity index (χ2v) is 4.82. The molecule has 7 heteroatoms. The Kier molecular flexibility index (Phi) is 4.19. The molecule has 3 N–H and O–H groups in total. The SMILES string of the molecule is O=C(NCC1(C(=O)O)CCOCC1)c1ccc(=O)[nH]c1. The number of hydrogen-bond donors (Lipinski definition) is 3. The van der Waals surface area contributed by atoms with Crippen molar-refractivity contribution >= 4 is 11.9 Å². The molecule has 0 spiro atoms. The van der Waals surface area contributed by atoms with Crippen LogP contribution in [0.3, 0.4) is 0 Å². The third-order valence-electron chi connectivity index (χ3n) is 3.54. The highest BCUT2D eigenvalue weighted by atomic mass is 16.5. The molecule has 0 saturated carbocycles. The monoisotopic (exact) mass is 280 g/mol. The van der Waals surface area contributed by atoms with E-state index in [1.54, 1.807) is 0 Å². The minimum Gasteiger partial charge on any atom is -0.481 e. The number of H-pyrrole nitrogens is 1. The molecule has 1 aromatic rings. The molecule has 2 heterocycles. The van der Waals surface area contributed by atoms with Gasteiger partial charge in [0.2, 0.25) is 5.56 Å². The van der Waals surface area contributed by atoms with E-state index < -0.39 is 17.3 Å². The molecule has 1 saturated heterocycles. The van der Waals surface area contributed by atoms with Gasteiger partial charge in [0.05, 0.1) is 11.0 Å². The molecule has 108 valence electrons. The fourth-order valence-electron chi connectivity index (χ4n) is 2.13. The molecular formula is C13H16N2O5. The Morgan fingerprint density at radius 3 is 2.60 bits per heavy atom. The average Bonchev–Trinajstić information content (AvgIpc) is 2.46. The summed E-state index contributed by atoms with van der Waals surface area (Å²) in [6, 6.07) is 2.64. The van der Waals surface area contributed by atoms with Gasteiger partial charge in [-0.25, -0.2) is 0 Å². The topological polar surface area (TPSA) is 108 Å². The van der Waals surface area contributed by atoms with Crippen LogP contribution >= 0.6 is 0 Å². The molecule has 1 amide bonds. The standard InChI is InChI=1S/C13H16N2O5/c16-10-2-1-9(7-14-10)11(17)15-8-13(12(18)19)3-5-20-6-4-13/h1-2,7H,3-6,8H2,(H,14,16)(H,15,17)(H,18,19). The number of hydrogen-bond acceptors (Lipinski definition) is 4. The summed E-state index contributed by atoms with van der Waals surface area (Å²) in [5.41, 5.74) is -0.985. The van der Waals surface area contributed by atoms with Gasteiger partial charge in [-0.1, -0.05) is 0 Å². The van der Waals surface area contributed by atoms with Gasteiger partial charge in [-0.2, -0.15) is 0 Å². The lowest BCUT2D eigenvalue weighted by Gasteiger charge is -2.33. The van der Waals surface area contributed by atoms with Crippen molar-refractivity contribution in [3.8, 4) is 0 Å². The average molecular weight is 280 g/mol. The van der Waals surface area contributed by atoms with Crippen LogP contribution < -0.4 is 10.9 Å². The third-order valence-corrected chi connectivity index (χ3v) is 3.54.